The van der Waals surface area contributed by atoms with Crippen LogP contribution in [0.2, 0.25) is 0 Å². The first-order valence-corrected chi connectivity index (χ1v) is 11.3. The summed E-state index contributed by atoms with van der Waals surface area (Å²) in [5, 5.41) is 3.11. The van der Waals surface area contributed by atoms with Gasteiger partial charge in [-0.3, -0.25) is 9.79 Å². The van der Waals surface area contributed by atoms with Gasteiger partial charge in [-0.2, -0.15) is 0 Å². The third-order valence-corrected chi connectivity index (χ3v) is 5.54. The van der Waals surface area contributed by atoms with Crippen LogP contribution in [-0.4, -0.2) is 36.3 Å². The third kappa shape index (κ3) is 7.06. The van der Waals surface area contributed by atoms with E-state index < -0.39 is 6.04 Å². The quantitative estimate of drug-likeness (QED) is 0.473. The molecule has 164 valence electrons. The highest BCUT2D eigenvalue weighted by atomic mass is 16.5. The second-order valence-electron chi connectivity index (χ2n) is 7.92. The second kappa shape index (κ2) is 12.0. The molecule has 0 bridgehead atoms. The summed E-state index contributed by atoms with van der Waals surface area (Å²) in [5.41, 5.74) is 2.74. The number of esters is 1. The first-order chi connectivity index (χ1) is 15.2. The van der Waals surface area contributed by atoms with Crippen molar-refractivity contribution in [3.05, 3.63) is 71.8 Å². The van der Waals surface area contributed by atoms with Crippen molar-refractivity contribution in [2.45, 2.75) is 64.0 Å². The number of benzene rings is 2. The lowest BCUT2D eigenvalue weighted by atomic mass is 10.00. The molecule has 0 spiro atoms. The highest BCUT2D eigenvalue weighted by Crippen LogP contribution is 2.18. The van der Waals surface area contributed by atoms with Gasteiger partial charge in [-0.1, -0.05) is 67.1 Å². The maximum Gasteiger partial charge on any atom is 0.330 e. The Hall–Kier alpha value is -2.95. The van der Waals surface area contributed by atoms with Crippen molar-refractivity contribution in [2.24, 2.45) is 4.99 Å². The van der Waals surface area contributed by atoms with Crippen LogP contribution in [0.4, 0.5) is 0 Å². The van der Waals surface area contributed by atoms with Gasteiger partial charge in [-0.15, -0.1) is 0 Å². The van der Waals surface area contributed by atoms with E-state index in [0.717, 1.165) is 48.9 Å². The van der Waals surface area contributed by atoms with E-state index in [-0.39, 0.29) is 17.9 Å². The van der Waals surface area contributed by atoms with Crippen LogP contribution in [0.5, 0.6) is 0 Å². The Morgan fingerprint density at radius 2 is 1.71 bits per heavy atom. The molecule has 1 aliphatic heterocycles. The summed E-state index contributed by atoms with van der Waals surface area (Å²) in [6.45, 7) is 2.14. The topological polar surface area (TPSA) is 67.8 Å². The maximum atomic E-state index is 12.7. The Labute approximate surface area is 184 Å². The molecular weight excluding hydrogens is 388 g/mol. The molecule has 2 aromatic carbocycles. The van der Waals surface area contributed by atoms with Gasteiger partial charge in [0.1, 0.15) is 6.04 Å². The summed E-state index contributed by atoms with van der Waals surface area (Å²) < 4.78 is 5.34. The van der Waals surface area contributed by atoms with E-state index in [1.807, 2.05) is 67.6 Å². The summed E-state index contributed by atoms with van der Waals surface area (Å²) in [6.07, 6.45) is 5.87. The summed E-state index contributed by atoms with van der Waals surface area (Å²) >= 11 is 0. The summed E-state index contributed by atoms with van der Waals surface area (Å²) in [4.78, 5) is 29.5. The van der Waals surface area contributed by atoms with E-state index in [0.29, 0.717) is 19.4 Å². The average Bonchev–Trinajstić information content (AvgIpc) is 3.01. The molecule has 1 aliphatic rings. The number of rotatable bonds is 9. The number of nitrogens with one attached hydrogen (secondary N) is 1. The number of nitrogens with zero attached hydrogens (tertiary/aromatic N) is 1. The molecule has 0 saturated carbocycles. The molecule has 5 nitrogen and oxygen atoms in total. The molecule has 31 heavy (non-hydrogen) atoms. The Kier molecular flexibility index (Phi) is 8.83. The number of hydrogen-bond donors (Lipinski definition) is 1. The van der Waals surface area contributed by atoms with Crippen LogP contribution >= 0.6 is 0 Å². The van der Waals surface area contributed by atoms with Crippen LogP contribution in [0.3, 0.4) is 0 Å². The predicted molar refractivity (Wildman–Crippen MR) is 123 cm³/mol. The molecule has 2 unspecified atom stereocenters. The normalized spacial score (nSPS) is 17.2. The predicted octanol–water partition coefficient (Wildman–Crippen LogP) is 4.68. The number of carbonyl (C=O) groups is 2. The number of carbonyl (C=O) groups excluding carboxylic acids is 2. The van der Waals surface area contributed by atoms with Crippen LogP contribution in [0.1, 0.15) is 63.0 Å². The molecule has 2 atom stereocenters. The lowest BCUT2D eigenvalue weighted by molar-refractivity contribution is -0.144. The van der Waals surface area contributed by atoms with Crippen molar-refractivity contribution >= 4 is 17.6 Å². The molecule has 5 heteroatoms. The van der Waals surface area contributed by atoms with Crippen molar-refractivity contribution in [2.75, 3.05) is 6.61 Å². The maximum absolute atomic E-state index is 12.7. The summed E-state index contributed by atoms with van der Waals surface area (Å²) in [7, 11) is 0. The SMILES string of the molecule is CCOC(=O)C(CCCC1CCCCC(=O)N1)N=C(c1ccccc1)c1ccccc1. The van der Waals surface area contributed by atoms with Crippen LogP contribution < -0.4 is 5.32 Å². The van der Waals surface area contributed by atoms with Gasteiger partial charge in [-0.05, 0) is 39.0 Å². The first kappa shape index (κ1) is 22.7. The smallest absolute Gasteiger partial charge is 0.330 e. The number of aliphatic imine (C=N–C) groups is 1. The first-order valence-electron chi connectivity index (χ1n) is 11.3. The van der Waals surface area contributed by atoms with Gasteiger partial charge in [0.2, 0.25) is 5.91 Å². The van der Waals surface area contributed by atoms with Crippen molar-refractivity contribution in [3.63, 3.8) is 0 Å². The average molecular weight is 421 g/mol. The molecule has 0 aromatic heterocycles. The molecular formula is C26H32N2O3. The van der Waals surface area contributed by atoms with E-state index in [1.54, 1.807) is 0 Å². The molecule has 1 saturated heterocycles. The largest absolute Gasteiger partial charge is 0.464 e. The number of hydrogen-bond acceptors (Lipinski definition) is 4. The molecule has 3 rings (SSSR count). The minimum absolute atomic E-state index is 0.137. The summed E-state index contributed by atoms with van der Waals surface area (Å²) in [5.74, 6) is -0.158. The van der Waals surface area contributed by atoms with Crippen LogP contribution in [0.25, 0.3) is 0 Å². The lowest BCUT2D eigenvalue weighted by Crippen LogP contribution is -2.33. The van der Waals surface area contributed by atoms with E-state index in [9.17, 15) is 9.59 Å². The zero-order valence-corrected chi connectivity index (χ0v) is 18.3. The Morgan fingerprint density at radius 3 is 2.32 bits per heavy atom. The van der Waals surface area contributed by atoms with Crippen LogP contribution in [-0.2, 0) is 14.3 Å². The molecule has 0 aliphatic carbocycles. The Bertz CT molecular complexity index is 823. The number of ether oxygens (including phenoxy) is 1. The minimum Gasteiger partial charge on any atom is -0.464 e. The fourth-order valence-corrected chi connectivity index (χ4v) is 3.96. The highest BCUT2D eigenvalue weighted by Gasteiger charge is 2.22. The molecule has 1 fully saturated rings. The van der Waals surface area contributed by atoms with Crippen molar-refractivity contribution in [3.8, 4) is 0 Å². The molecule has 2 aromatic rings. The van der Waals surface area contributed by atoms with Crippen LogP contribution in [0, 0.1) is 0 Å². The minimum atomic E-state index is -0.572. The standard InChI is InChI=1S/C26H32N2O3/c1-2-31-26(30)23(18-11-17-22-16-9-10-19-24(29)27-22)28-25(20-12-5-3-6-13-20)21-14-7-4-8-15-21/h3-8,12-15,22-23H,2,9-11,16-19H2,1H3,(H,27,29). The van der Waals surface area contributed by atoms with Crippen molar-refractivity contribution in [1.82, 2.24) is 5.32 Å². The van der Waals surface area contributed by atoms with Gasteiger partial charge in [0.05, 0.1) is 12.3 Å². The zero-order valence-electron chi connectivity index (χ0n) is 18.3. The van der Waals surface area contributed by atoms with Gasteiger partial charge in [0.25, 0.3) is 0 Å². The van der Waals surface area contributed by atoms with E-state index in [4.69, 9.17) is 9.73 Å². The van der Waals surface area contributed by atoms with Gasteiger partial charge in [0.15, 0.2) is 0 Å². The molecule has 1 heterocycles. The van der Waals surface area contributed by atoms with E-state index in [1.165, 1.54) is 0 Å². The van der Waals surface area contributed by atoms with Gasteiger partial charge in [-0.25, -0.2) is 4.79 Å². The number of amides is 1. The van der Waals surface area contributed by atoms with Crippen molar-refractivity contribution in [1.29, 1.82) is 0 Å². The second-order valence-corrected chi connectivity index (χ2v) is 7.92. The monoisotopic (exact) mass is 420 g/mol. The third-order valence-electron chi connectivity index (χ3n) is 5.54. The van der Waals surface area contributed by atoms with Gasteiger partial charge in [0, 0.05) is 23.6 Å². The lowest BCUT2D eigenvalue weighted by Gasteiger charge is -2.18. The molecule has 1 N–H and O–H groups in total. The van der Waals surface area contributed by atoms with Gasteiger partial charge < -0.3 is 10.1 Å². The fraction of sp³-hybridized carbons (Fsp3) is 0.423. The van der Waals surface area contributed by atoms with Crippen molar-refractivity contribution < 1.29 is 14.3 Å². The fourth-order valence-electron chi connectivity index (χ4n) is 3.96. The zero-order chi connectivity index (χ0) is 21.9. The molecule has 1 amide bonds. The van der Waals surface area contributed by atoms with E-state index >= 15 is 0 Å². The van der Waals surface area contributed by atoms with Crippen LogP contribution in [0.15, 0.2) is 65.7 Å². The van der Waals surface area contributed by atoms with E-state index in [2.05, 4.69) is 5.32 Å². The highest BCUT2D eigenvalue weighted by molar-refractivity contribution is 6.13. The Balaban J connectivity index is 1.79. The van der Waals surface area contributed by atoms with Gasteiger partial charge >= 0.3 is 5.97 Å². The Morgan fingerprint density at radius 1 is 1.06 bits per heavy atom. The molecule has 0 radical (unpaired) electrons. The summed E-state index contributed by atoms with van der Waals surface area (Å²) in [6, 6.07) is 19.5.